The van der Waals surface area contributed by atoms with Gasteiger partial charge >= 0.3 is 6.18 Å². The van der Waals surface area contributed by atoms with Gasteiger partial charge in [-0.3, -0.25) is 4.98 Å². The summed E-state index contributed by atoms with van der Waals surface area (Å²) >= 11 is 0. The van der Waals surface area contributed by atoms with Crippen molar-refractivity contribution in [3.05, 3.63) is 35.7 Å². The highest BCUT2D eigenvalue weighted by molar-refractivity contribution is 5.58. The summed E-state index contributed by atoms with van der Waals surface area (Å²) in [7, 11) is 0. The van der Waals surface area contributed by atoms with Crippen molar-refractivity contribution in [1.29, 1.82) is 5.26 Å². The lowest BCUT2D eigenvalue weighted by atomic mass is 10.1. The Bertz CT molecular complexity index is 514. The summed E-state index contributed by atoms with van der Waals surface area (Å²) in [6, 6.07) is 3.56. The van der Waals surface area contributed by atoms with Crippen LogP contribution in [0.5, 0.6) is 0 Å². The number of alkyl halides is 3. The summed E-state index contributed by atoms with van der Waals surface area (Å²) in [5.74, 6) is 0. The van der Waals surface area contributed by atoms with E-state index < -0.39 is 11.7 Å². The van der Waals surface area contributed by atoms with Gasteiger partial charge in [0.2, 0.25) is 0 Å². The van der Waals surface area contributed by atoms with Crippen LogP contribution in [0.3, 0.4) is 0 Å². The van der Waals surface area contributed by atoms with Gasteiger partial charge in [-0.15, -0.1) is 0 Å². The summed E-state index contributed by atoms with van der Waals surface area (Å²) in [6.45, 7) is 0.390. The van der Waals surface area contributed by atoms with Crippen LogP contribution in [-0.2, 0) is 0 Å². The van der Waals surface area contributed by atoms with E-state index in [4.69, 9.17) is 5.26 Å². The highest BCUT2D eigenvalue weighted by Crippen LogP contribution is 2.31. The van der Waals surface area contributed by atoms with Crippen molar-refractivity contribution < 1.29 is 13.2 Å². The molecule has 94 valence electrons. The van der Waals surface area contributed by atoms with Gasteiger partial charge in [-0.2, -0.15) is 18.4 Å². The fourth-order valence-corrected chi connectivity index (χ4v) is 1.88. The minimum absolute atomic E-state index is 0.0662. The molecule has 1 aromatic heterocycles. The monoisotopic (exact) mass is 253 g/mol. The summed E-state index contributed by atoms with van der Waals surface area (Å²) in [5, 5.41) is 8.93. The van der Waals surface area contributed by atoms with Crippen LogP contribution in [0.25, 0.3) is 0 Å². The Hall–Kier alpha value is -2.03. The van der Waals surface area contributed by atoms with E-state index in [-0.39, 0.29) is 19.5 Å². The van der Waals surface area contributed by atoms with E-state index in [1.54, 1.807) is 11.0 Å². The molecule has 18 heavy (non-hydrogen) atoms. The smallest absolute Gasteiger partial charge is 0.365 e. The van der Waals surface area contributed by atoms with Crippen molar-refractivity contribution in [3.8, 4) is 6.07 Å². The molecular weight excluding hydrogens is 243 g/mol. The minimum atomic E-state index is -4.25. The number of hydrogen-bond acceptors (Lipinski definition) is 3. The lowest BCUT2D eigenvalue weighted by Crippen LogP contribution is -2.32. The molecule has 0 saturated heterocycles. The highest BCUT2D eigenvalue weighted by Gasteiger charge is 2.34. The predicted octanol–water partition coefficient (Wildman–Crippen LogP) is 2.65. The Labute approximate surface area is 102 Å². The lowest BCUT2D eigenvalue weighted by molar-refractivity contribution is -0.0943. The zero-order chi connectivity index (χ0) is 13.2. The van der Waals surface area contributed by atoms with Gasteiger partial charge in [0.1, 0.15) is 6.07 Å². The first-order chi connectivity index (χ1) is 8.52. The second-order valence-corrected chi connectivity index (χ2v) is 3.93. The maximum absolute atomic E-state index is 12.5. The first-order valence-corrected chi connectivity index (χ1v) is 5.37. The van der Waals surface area contributed by atoms with Gasteiger partial charge in [0.15, 0.2) is 0 Å². The Balaban J connectivity index is 2.20. The lowest BCUT2D eigenvalue weighted by Gasteiger charge is -2.29. The van der Waals surface area contributed by atoms with Gasteiger partial charge in [-0.25, -0.2) is 0 Å². The normalized spacial score (nSPS) is 16.1. The molecular formula is C12H10F3N3. The predicted molar refractivity (Wildman–Crippen MR) is 59.9 cm³/mol. The molecule has 0 atom stereocenters. The fourth-order valence-electron chi connectivity index (χ4n) is 1.88. The second-order valence-electron chi connectivity index (χ2n) is 3.93. The summed E-state index contributed by atoms with van der Waals surface area (Å²) in [5.41, 5.74) is 0.507. The Kier molecular flexibility index (Phi) is 3.24. The molecule has 1 aromatic rings. The summed E-state index contributed by atoms with van der Waals surface area (Å²) < 4.78 is 37.4. The van der Waals surface area contributed by atoms with Crippen molar-refractivity contribution in [2.75, 3.05) is 18.0 Å². The molecule has 1 aliphatic rings. The van der Waals surface area contributed by atoms with Crippen molar-refractivity contribution in [2.24, 2.45) is 0 Å². The second kappa shape index (κ2) is 4.69. The first-order valence-electron chi connectivity index (χ1n) is 5.37. The zero-order valence-electron chi connectivity index (χ0n) is 9.41. The van der Waals surface area contributed by atoms with Gasteiger partial charge in [-0.1, -0.05) is 6.08 Å². The maximum atomic E-state index is 12.5. The Morgan fingerprint density at radius 2 is 2.17 bits per heavy atom. The molecule has 0 aliphatic carbocycles. The molecule has 0 aromatic carbocycles. The average molecular weight is 253 g/mol. The van der Waals surface area contributed by atoms with Crippen LogP contribution in [0.4, 0.5) is 18.9 Å². The molecule has 0 amide bonds. The summed E-state index contributed by atoms with van der Waals surface area (Å²) in [6.07, 6.45) is -0.159. The molecule has 0 radical (unpaired) electrons. The molecule has 2 heterocycles. The molecule has 0 bridgehead atoms. The van der Waals surface area contributed by atoms with Crippen LogP contribution >= 0.6 is 0 Å². The van der Waals surface area contributed by atoms with Crippen LogP contribution in [0.1, 0.15) is 12.0 Å². The first kappa shape index (κ1) is 12.4. The van der Waals surface area contributed by atoms with E-state index in [1.165, 1.54) is 12.4 Å². The van der Waals surface area contributed by atoms with E-state index >= 15 is 0 Å². The van der Waals surface area contributed by atoms with Crippen molar-refractivity contribution >= 4 is 5.69 Å². The molecule has 3 nitrogen and oxygen atoms in total. The van der Waals surface area contributed by atoms with Gasteiger partial charge in [-0.05, 0) is 12.5 Å². The number of aromatic nitrogens is 1. The quantitative estimate of drug-likeness (QED) is 0.722. The Morgan fingerprint density at radius 1 is 1.39 bits per heavy atom. The van der Waals surface area contributed by atoms with Gasteiger partial charge in [0.25, 0.3) is 0 Å². The summed E-state index contributed by atoms with van der Waals surface area (Å²) in [4.78, 5) is 5.62. The van der Waals surface area contributed by atoms with Gasteiger partial charge in [0.05, 0.1) is 17.4 Å². The SMILES string of the molecule is N#Cc1ccncc1N1CC=C(C(F)(F)F)CC1. The molecule has 0 fully saturated rings. The third kappa shape index (κ3) is 2.45. The molecule has 6 heteroatoms. The average Bonchev–Trinajstić information content (AvgIpc) is 2.38. The minimum Gasteiger partial charge on any atom is -0.365 e. The molecule has 0 unspecified atom stereocenters. The van der Waals surface area contributed by atoms with E-state index in [9.17, 15) is 13.2 Å². The standard InChI is InChI=1S/C12H10F3N3/c13-12(14,15)10-2-5-18(6-3-10)11-8-17-4-1-9(11)7-16/h1-2,4,8H,3,5-6H2. The number of pyridine rings is 1. The molecule has 2 rings (SSSR count). The van der Waals surface area contributed by atoms with Crippen molar-refractivity contribution in [1.82, 2.24) is 4.98 Å². The van der Waals surface area contributed by atoms with Gasteiger partial charge in [0, 0.05) is 24.9 Å². The van der Waals surface area contributed by atoms with E-state index in [1.807, 2.05) is 6.07 Å². The van der Waals surface area contributed by atoms with Gasteiger partial charge < -0.3 is 4.90 Å². The van der Waals surface area contributed by atoms with Crippen LogP contribution in [0.2, 0.25) is 0 Å². The van der Waals surface area contributed by atoms with Crippen LogP contribution in [0, 0.1) is 11.3 Å². The van der Waals surface area contributed by atoms with E-state index in [2.05, 4.69) is 4.98 Å². The van der Waals surface area contributed by atoms with Crippen LogP contribution in [0.15, 0.2) is 30.1 Å². The largest absolute Gasteiger partial charge is 0.412 e. The van der Waals surface area contributed by atoms with E-state index in [0.29, 0.717) is 11.3 Å². The number of rotatable bonds is 1. The molecule has 1 aliphatic heterocycles. The third-order valence-electron chi connectivity index (χ3n) is 2.83. The van der Waals surface area contributed by atoms with Crippen LogP contribution in [-0.4, -0.2) is 24.2 Å². The number of nitrogens with zero attached hydrogens (tertiary/aromatic N) is 3. The Morgan fingerprint density at radius 3 is 2.72 bits per heavy atom. The molecule has 0 N–H and O–H groups in total. The van der Waals surface area contributed by atoms with Crippen molar-refractivity contribution in [2.45, 2.75) is 12.6 Å². The molecule has 0 spiro atoms. The number of halogens is 3. The fraction of sp³-hybridized carbons (Fsp3) is 0.333. The van der Waals surface area contributed by atoms with E-state index in [0.717, 1.165) is 6.08 Å². The van der Waals surface area contributed by atoms with Crippen molar-refractivity contribution in [3.63, 3.8) is 0 Å². The zero-order valence-corrected chi connectivity index (χ0v) is 9.41. The topological polar surface area (TPSA) is 39.9 Å². The number of hydrogen-bond donors (Lipinski definition) is 0. The maximum Gasteiger partial charge on any atom is 0.412 e. The third-order valence-corrected chi connectivity index (χ3v) is 2.83. The number of anilines is 1. The van der Waals surface area contributed by atoms with Crippen LogP contribution < -0.4 is 4.90 Å². The molecule has 0 saturated carbocycles. The number of nitriles is 1. The highest BCUT2D eigenvalue weighted by atomic mass is 19.4.